The molecule has 0 unspecified atom stereocenters. The fraction of sp³-hybridized carbons (Fsp3) is 0.560. The van der Waals surface area contributed by atoms with Crippen LogP contribution in [0.2, 0.25) is 0 Å². The first kappa shape index (κ1) is 30.6. The minimum atomic E-state index is -0.934. The zero-order valence-corrected chi connectivity index (χ0v) is 21.6. The van der Waals surface area contributed by atoms with Crippen molar-refractivity contribution < 1.29 is 19.2 Å². The number of aliphatic imine (C=N–C) groups is 1. The predicted octanol–water partition coefficient (Wildman–Crippen LogP) is -0.410. The molecule has 11 nitrogen and oxygen atoms in total. The van der Waals surface area contributed by atoms with Crippen LogP contribution in [0.4, 0.5) is 0 Å². The molecule has 0 bridgehead atoms. The average molecular weight is 504 g/mol. The Morgan fingerprint density at radius 2 is 1.69 bits per heavy atom. The van der Waals surface area contributed by atoms with E-state index < -0.39 is 41.9 Å². The summed E-state index contributed by atoms with van der Waals surface area (Å²) in [6.07, 6.45) is 2.42. The molecule has 5 atom stereocenters. The number of carbonyl (C=O) groups is 4. The summed E-state index contributed by atoms with van der Waals surface area (Å²) in [5.74, 6) is -1.34. The third-order valence-electron chi connectivity index (χ3n) is 5.86. The van der Waals surface area contributed by atoms with Crippen LogP contribution < -0.4 is 32.7 Å². The van der Waals surface area contributed by atoms with Gasteiger partial charge in [0.25, 0.3) is 0 Å². The van der Waals surface area contributed by atoms with Crippen molar-refractivity contribution in [3.05, 3.63) is 35.9 Å². The molecule has 0 radical (unpaired) electrons. The average Bonchev–Trinajstić information content (AvgIpc) is 2.88. The molecule has 8 N–H and O–H groups in total. The third kappa shape index (κ3) is 10.9. The van der Waals surface area contributed by atoms with Crippen molar-refractivity contribution >= 4 is 30.0 Å². The lowest BCUT2D eigenvalue weighted by Gasteiger charge is -2.28. The summed E-state index contributed by atoms with van der Waals surface area (Å²) >= 11 is 0. The normalized spacial score (nSPS) is 15.5. The van der Waals surface area contributed by atoms with Crippen LogP contribution in [0.3, 0.4) is 0 Å². The molecule has 11 heteroatoms. The zero-order valence-electron chi connectivity index (χ0n) is 21.6. The number of rotatable bonds is 15. The molecule has 0 fully saturated rings. The maximum atomic E-state index is 13.3. The van der Waals surface area contributed by atoms with Gasteiger partial charge in [-0.25, -0.2) is 0 Å². The van der Waals surface area contributed by atoms with Crippen LogP contribution in [0.15, 0.2) is 35.3 Å². The lowest BCUT2D eigenvalue weighted by atomic mass is 9.96. The monoisotopic (exact) mass is 503 g/mol. The Morgan fingerprint density at radius 3 is 2.28 bits per heavy atom. The van der Waals surface area contributed by atoms with Crippen molar-refractivity contribution in [3.8, 4) is 0 Å². The van der Waals surface area contributed by atoms with Crippen LogP contribution in [-0.2, 0) is 25.6 Å². The van der Waals surface area contributed by atoms with E-state index in [9.17, 15) is 19.2 Å². The molecule has 36 heavy (non-hydrogen) atoms. The lowest BCUT2D eigenvalue weighted by molar-refractivity contribution is -0.133. The van der Waals surface area contributed by atoms with Gasteiger partial charge in [-0.2, -0.15) is 0 Å². The SMILES string of the molecule is CC[C@H](C)[C@H](NC(=O)[C@@H](N)CCCNC(N)=NC)C(=O)N[C@@H](Cc1ccccc1)C(=O)N[C@@H](C)C=O. The Labute approximate surface area is 213 Å². The summed E-state index contributed by atoms with van der Waals surface area (Å²) in [6, 6.07) is 5.87. The summed E-state index contributed by atoms with van der Waals surface area (Å²) in [5.41, 5.74) is 12.5. The predicted molar refractivity (Wildman–Crippen MR) is 140 cm³/mol. The molecule has 0 aliphatic heterocycles. The first-order valence-electron chi connectivity index (χ1n) is 12.2. The maximum absolute atomic E-state index is 13.3. The number of carbonyl (C=O) groups excluding carboxylic acids is 4. The summed E-state index contributed by atoms with van der Waals surface area (Å²) in [4.78, 5) is 53.7. The number of nitrogens with one attached hydrogen (secondary N) is 4. The fourth-order valence-electron chi connectivity index (χ4n) is 3.39. The lowest BCUT2D eigenvalue weighted by Crippen LogP contribution is -2.58. The Bertz CT molecular complexity index is 878. The van der Waals surface area contributed by atoms with E-state index in [0.29, 0.717) is 38.1 Å². The zero-order chi connectivity index (χ0) is 27.1. The molecule has 0 spiro atoms. The number of hydrogen-bond donors (Lipinski definition) is 6. The standard InChI is InChI=1S/C25H41N7O4/c1-5-16(2)21(32-22(34)19(26)12-9-13-29-25(27)28-4)24(36)31-20(23(35)30-17(3)15-33)14-18-10-7-6-8-11-18/h6-8,10-11,15-17,19-21H,5,9,12-14,26H2,1-4H3,(H,30,35)(H,31,36)(H,32,34)(H3,27,28,29)/t16-,17-,19-,20-,21-/m0/s1. The van der Waals surface area contributed by atoms with E-state index in [0.717, 1.165) is 5.56 Å². The Hall–Kier alpha value is -3.47. The van der Waals surface area contributed by atoms with Gasteiger partial charge >= 0.3 is 0 Å². The molecule has 1 aromatic carbocycles. The third-order valence-corrected chi connectivity index (χ3v) is 5.86. The quantitative estimate of drug-likeness (QED) is 0.0814. The molecule has 0 heterocycles. The summed E-state index contributed by atoms with van der Waals surface area (Å²) in [6.45, 7) is 5.81. The first-order valence-corrected chi connectivity index (χ1v) is 12.2. The Morgan fingerprint density at radius 1 is 1.03 bits per heavy atom. The largest absolute Gasteiger partial charge is 0.370 e. The highest BCUT2D eigenvalue weighted by Crippen LogP contribution is 2.11. The number of nitrogens with two attached hydrogens (primary N) is 2. The maximum Gasteiger partial charge on any atom is 0.243 e. The van der Waals surface area contributed by atoms with Gasteiger partial charge in [0.15, 0.2) is 5.96 Å². The summed E-state index contributed by atoms with van der Waals surface area (Å²) in [5, 5.41) is 11.0. The van der Waals surface area contributed by atoms with Gasteiger partial charge in [-0.05, 0) is 31.2 Å². The van der Waals surface area contributed by atoms with Crippen molar-refractivity contribution in [1.29, 1.82) is 0 Å². The summed E-state index contributed by atoms with van der Waals surface area (Å²) < 4.78 is 0. The Kier molecular flexibility index (Phi) is 13.8. The molecule has 3 amide bonds. The number of aldehydes is 1. The van der Waals surface area contributed by atoms with E-state index in [1.807, 2.05) is 44.2 Å². The topological polar surface area (TPSA) is 181 Å². The van der Waals surface area contributed by atoms with Gasteiger partial charge in [0.2, 0.25) is 17.7 Å². The molecule has 0 aliphatic rings. The van der Waals surface area contributed by atoms with Crippen LogP contribution in [0, 0.1) is 5.92 Å². The van der Waals surface area contributed by atoms with Crippen molar-refractivity contribution in [2.24, 2.45) is 22.4 Å². The molecule has 0 saturated heterocycles. The number of nitrogens with zero attached hydrogens (tertiary/aromatic N) is 1. The van der Waals surface area contributed by atoms with E-state index in [1.54, 1.807) is 14.0 Å². The minimum absolute atomic E-state index is 0.210. The fourth-order valence-corrected chi connectivity index (χ4v) is 3.39. The van der Waals surface area contributed by atoms with E-state index in [2.05, 4.69) is 26.3 Å². The summed E-state index contributed by atoms with van der Waals surface area (Å²) in [7, 11) is 1.57. The van der Waals surface area contributed by atoms with Crippen molar-refractivity contribution in [2.75, 3.05) is 13.6 Å². The number of hydrogen-bond acceptors (Lipinski definition) is 6. The van der Waals surface area contributed by atoms with E-state index in [-0.39, 0.29) is 12.3 Å². The van der Waals surface area contributed by atoms with Gasteiger partial charge in [0, 0.05) is 20.0 Å². The van der Waals surface area contributed by atoms with Gasteiger partial charge in [0.1, 0.15) is 18.4 Å². The van der Waals surface area contributed by atoms with Crippen LogP contribution in [0.1, 0.15) is 45.6 Å². The van der Waals surface area contributed by atoms with Gasteiger partial charge in [-0.3, -0.25) is 19.4 Å². The van der Waals surface area contributed by atoms with Gasteiger partial charge < -0.3 is 37.5 Å². The number of benzene rings is 1. The van der Waals surface area contributed by atoms with Crippen molar-refractivity contribution in [3.63, 3.8) is 0 Å². The molecule has 0 saturated carbocycles. The van der Waals surface area contributed by atoms with Gasteiger partial charge in [-0.1, -0.05) is 50.6 Å². The molecular formula is C25H41N7O4. The first-order chi connectivity index (χ1) is 17.1. The van der Waals surface area contributed by atoms with Gasteiger partial charge in [0.05, 0.1) is 12.1 Å². The van der Waals surface area contributed by atoms with Crippen LogP contribution in [0.5, 0.6) is 0 Å². The molecule has 200 valence electrons. The second-order valence-electron chi connectivity index (χ2n) is 8.84. The highest BCUT2D eigenvalue weighted by molar-refractivity contribution is 5.93. The Balaban J connectivity index is 2.90. The second-order valence-corrected chi connectivity index (χ2v) is 8.84. The van der Waals surface area contributed by atoms with E-state index in [4.69, 9.17) is 11.5 Å². The number of amides is 3. The van der Waals surface area contributed by atoms with E-state index in [1.165, 1.54) is 0 Å². The molecule has 0 aliphatic carbocycles. The smallest absolute Gasteiger partial charge is 0.243 e. The van der Waals surface area contributed by atoms with Crippen molar-refractivity contribution in [2.45, 2.75) is 70.6 Å². The molecule has 1 aromatic rings. The van der Waals surface area contributed by atoms with Gasteiger partial charge in [-0.15, -0.1) is 0 Å². The van der Waals surface area contributed by atoms with Crippen molar-refractivity contribution in [1.82, 2.24) is 21.3 Å². The highest BCUT2D eigenvalue weighted by atomic mass is 16.2. The highest BCUT2D eigenvalue weighted by Gasteiger charge is 2.31. The van der Waals surface area contributed by atoms with Crippen LogP contribution >= 0.6 is 0 Å². The molecule has 1 rings (SSSR count). The van der Waals surface area contributed by atoms with Crippen LogP contribution in [-0.4, -0.2) is 67.7 Å². The molecular weight excluding hydrogens is 462 g/mol. The number of guanidine groups is 1. The minimum Gasteiger partial charge on any atom is -0.370 e. The molecule has 0 aromatic heterocycles. The van der Waals surface area contributed by atoms with Crippen LogP contribution in [0.25, 0.3) is 0 Å². The van der Waals surface area contributed by atoms with E-state index >= 15 is 0 Å². The second kappa shape index (κ2) is 16.2.